The summed E-state index contributed by atoms with van der Waals surface area (Å²) < 4.78 is 0. The largest absolute Gasteiger partial charge is 0.389 e. The summed E-state index contributed by atoms with van der Waals surface area (Å²) in [4.78, 5) is 15.9. The molecule has 1 aromatic rings. The summed E-state index contributed by atoms with van der Waals surface area (Å²) in [6, 6.07) is 2.21. The Balaban J connectivity index is 1.37. The number of carbonyl (C=O) groups is 1. The van der Waals surface area contributed by atoms with Crippen molar-refractivity contribution in [2.45, 2.75) is 57.1 Å². The van der Waals surface area contributed by atoms with Gasteiger partial charge < -0.3 is 10.4 Å². The van der Waals surface area contributed by atoms with Crippen LogP contribution in [0, 0.1) is 0 Å². The number of hydrogen-bond acceptors (Lipinski definition) is 4. The second-order valence-electron chi connectivity index (χ2n) is 6.71. The lowest BCUT2D eigenvalue weighted by molar-refractivity contribution is -0.127. The first-order chi connectivity index (χ1) is 10.6. The molecule has 0 saturated heterocycles. The lowest BCUT2D eigenvalue weighted by atomic mass is 9.82. The van der Waals surface area contributed by atoms with E-state index in [1.807, 2.05) is 11.3 Å². The number of thiophene rings is 1. The van der Waals surface area contributed by atoms with Crippen LogP contribution in [0.2, 0.25) is 0 Å². The Hall–Kier alpha value is -0.910. The molecule has 22 heavy (non-hydrogen) atoms. The number of hydrogen-bond donors (Lipinski definition) is 2. The summed E-state index contributed by atoms with van der Waals surface area (Å²) in [6.45, 7) is 3.64. The van der Waals surface area contributed by atoms with Crippen molar-refractivity contribution >= 4 is 17.2 Å². The fraction of sp³-hybridized carbons (Fsp3) is 0.706. The molecule has 1 aromatic heterocycles. The van der Waals surface area contributed by atoms with Crippen LogP contribution in [0.4, 0.5) is 0 Å². The maximum absolute atomic E-state index is 12.0. The minimum Gasteiger partial charge on any atom is -0.389 e. The Bertz CT molecular complexity index is 509. The molecule has 1 amide bonds. The topological polar surface area (TPSA) is 52.6 Å². The van der Waals surface area contributed by atoms with E-state index in [0.29, 0.717) is 6.54 Å². The number of rotatable bonds is 5. The van der Waals surface area contributed by atoms with Crippen molar-refractivity contribution in [2.24, 2.45) is 0 Å². The van der Waals surface area contributed by atoms with E-state index in [2.05, 4.69) is 21.7 Å². The Kier molecular flexibility index (Phi) is 5.16. The smallest absolute Gasteiger partial charge is 0.222 e. The van der Waals surface area contributed by atoms with Gasteiger partial charge in [0.15, 0.2) is 0 Å². The van der Waals surface area contributed by atoms with E-state index < -0.39 is 5.60 Å². The van der Waals surface area contributed by atoms with Gasteiger partial charge in [0.25, 0.3) is 0 Å². The first-order valence-electron chi connectivity index (χ1n) is 8.41. The molecule has 0 spiro atoms. The first kappa shape index (κ1) is 16.0. The number of fused-ring (bicyclic) bond motifs is 1. The monoisotopic (exact) mass is 322 g/mol. The Morgan fingerprint density at radius 3 is 3.00 bits per heavy atom. The van der Waals surface area contributed by atoms with E-state index in [4.69, 9.17) is 0 Å². The van der Waals surface area contributed by atoms with Crippen molar-refractivity contribution < 1.29 is 9.90 Å². The molecule has 1 aliphatic heterocycles. The van der Waals surface area contributed by atoms with Crippen LogP contribution in [0.3, 0.4) is 0 Å². The molecule has 2 aliphatic rings. The molecule has 0 radical (unpaired) electrons. The number of amides is 1. The van der Waals surface area contributed by atoms with E-state index in [-0.39, 0.29) is 12.3 Å². The molecule has 3 rings (SSSR count). The van der Waals surface area contributed by atoms with Gasteiger partial charge in [0, 0.05) is 31.1 Å². The molecule has 0 unspecified atom stereocenters. The molecule has 1 aliphatic carbocycles. The van der Waals surface area contributed by atoms with Gasteiger partial charge in [-0.05, 0) is 36.3 Å². The van der Waals surface area contributed by atoms with Gasteiger partial charge in [-0.3, -0.25) is 9.69 Å². The molecule has 2 N–H and O–H groups in total. The second kappa shape index (κ2) is 7.11. The van der Waals surface area contributed by atoms with Crippen LogP contribution >= 0.6 is 11.3 Å². The summed E-state index contributed by atoms with van der Waals surface area (Å²) in [7, 11) is 0. The predicted octanol–water partition coefficient (Wildman–Crippen LogP) is 2.31. The van der Waals surface area contributed by atoms with Crippen LogP contribution in [0.25, 0.3) is 0 Å². The van der Waals surface area contributed by atoms with Crippen LogP contribution in [0.1, 0.15) is 49.0 Å². The first-order valence-corrected chi connectivity index (χ1v) is 9.29. The van der Waals surface area contributed by atoms with Gasteiger partial charge in [0.2, 0.25) is 5.91 Å². The number of carbonyl (C=O) groups excluding carboxylic acids is 1. The molecule has 0 bridgehead atoms. The van der Waals surface area contributed by atoms with Crippen molar-refractivity contribution in [2.75, 3.05) is 19.6 Å². The zero-order chi connectivity index (χ0) is 15.4. The summed E-state index contributed by atoms with van der Waals surface area (Å²) in [5, 5.41) is 15.6. The van der Waals surface area contributed by atoms with Crippen LogP contribution in [-0.2, 0) is 17.8 Å². The SMILES string of the molecule is O=C(CC1(O)CCCCC1)NCCN1CCc2sccc2C1. The standard InChI is InChI=1S/C17H26N2O2S/c20-16(12-17(21)6-2-1-3-7-17)18-8-10-19-9-4-15-14(13-19)5-11-22-15/h5,11,21H,1-4,6-10,12-13H2,(H,18,20). The van der Waals surface area contributed by atoms with E-state index in [1.54, 1.807) is 0 Å². The second-order valence-corrected chi connectivity index (χ2v) is 7.71. The average molecular weight is 322 g/mol. The number of nitrogens with one attached hydrogen (secondary N) is 1. The maximum Gasteiger partial charge on any atom is 0.222 e. The molecule has 1 fully saturated rings. The maximum atomic E-state index is 12.0. The van der Waals surface area contributed by atoms with E-state index in [9.17, 15) is 9.90 Å². The average Bonchev–Trinajstić information content (AvgIpc) is 2.95. The van der Waals surface area contributed by atoms with Gasteiger partial charge in [-0.25, -0.2) is 0 Å². The van der Waals surface area contributed by atoms with Gasteiger partial charge >= 0.3 is 0 Å². The van der Waals surface area contributed by atoms with Gasteiger partial charge in [-0.1, -0.05) is 19.3 Å². The highest BCUT2D eigenvalue weighted by Gasteiger charge is 2.31. The Morgan fingerprint density at radius 1 is 1.36 bits per heavy atom. The van der Waals surface area contributed by atoms with Crippen molar-refractivity contribution in [1.29, 1.82) is 0 Å². The van der Waals surface area contributed by atoms with Gasteiger partial charge in [-0.2, -0.15) is 0 Å². The molecule has 0 atom stereocenters. The number of nitrogens with zero attached hydrogens (tertiary/aromatic N) is 1. The highest BCUT2D eigenvalue weighted by Crippen LogP contribution is 2.30. The Labute approximate surface area is 136 Å². The van der Waals surface area contributed by atoms with Crippen LogP contribution in [0.5, 0.6) is 0 Å². The highest BCUT2D eigenvalue weighted by atomic mass is 32.1. The zero-order valence-corrected chi connectivity index (χ0v) is 14.0. The molecule has 0 aromatic carbocycles. The predicted molar refractivity (Wildman–Crippen MR) is 89.0 cm³/mol. The quantitative estimate of drug-likeness (QED) is 0.875. The number of aliphatic hydroxyl groups is 1. The molecule has 2 heterocycles. The molecule has 4 nitrogen and oxygen atoms in total. The minimum atomic E-state index is -0.751. The summed E-state index contributed by atoms with van der Waals surface area (Å²) in [6.07, 6.45) is 6.20. The van der Waals surface area contributed by atoms with Crippen LogP contribution < -0.4 is 5.32 Å². The van der Waals surface area contributed by atoms with Crippen molar-refractivity contribution in [3.8, 4) is 0 Å². The van der Waals surface area contributed by atoms with Crippen LogP contribution in [-0.4, -0.2) is 41.1 Å². The summed E-state index contributed by atoms with van der Waals surface area (Å²) in [5.41, 5.74) is 0.693. The molecular formula is C17H26N2O2S. The molecule has 1 saturated carbocycles. The highest BCUT2D eigenvalue weighted by molar-refractivity contribution is 7.10. The third-order valence-corrected chi connectivity index (χ3v) is 5.93. The summed E-state index contributed by atoms with van der Waals surface area (Å²) >= 11 is 1.85. The third-order valence-electron chi connectivity index (χ3n) is 4.91. The van der Waals surface area contributed by atoms with Gasteiger partial charge in [-0.15, -0.1) is 11.3 Å². The van der Waals surface area contributed by atoms with Crippen molar-refractivity contribution in [1.82, 2.24) is 10.2 Å². The van der Waals surface area contributed by atoms with Gasteiger partial charge in [0.05, 0.1) is 12.0 Å². The van der Waals surface area contributed by atoms with Crippen LogP contribution in [0.15, 0.2) is 11.4 Å². The van der Waals surface area contributed by atoms with Gasteiger partial charge in [0.1, 0.15) is 0 Å². The Morgan fingerprint density at radius 2 is 2.18 bits per heavy atom. The normalized spacial score (nSPS) is 21.3. The third kappa shape index (κ3) is 4.09. The fourth-order valence-corrected chi connectivity index (χ4v) is 4.49. The van der Waals surface area contributed by atoms with Crippen molar-refractivity contribution in [3.05, 3.63) is 21.9 Å². The molecule has 122 valence electrons. The fourth-order valence-electron chi connectivity index (χ4n) is 3.60. The van der Waals surface area contributed by atoms with E-state index in [0.717, 1.165) is 51.7 Å². The molecular weight excluding hydrogens is 296 g/mol. The lowest BCUT2D eigenvalue weighted by Crippen LogP contribution is -2.41. The van der Waals surface area contributed by atoms with E-state index >= 15 is 0 Å². The summed E-state index contributed by atoms with van der Waals surface area (Å²) in [5.74, 6) is -0.00219. The lowest BCUT2D eigenvalue weighted by Gasteiger charge is -2.31. The molecule has 5 heteroatoms. The minimum absolute atomic E-state index is 0.00219. The zero-order valence-electron chi connectivity index (χ0n) is 13.1. The van der Waals surface area contributed by atoms with Crippen molar-refractivity contribution in [3.63, 3.8) is 0 Å². The van der Waals surface area contributed by atoms with E-state index in [1.165, 1.54) is 16.9 Å².